The molecular formula is C24H26O5. The van der Waals surface area contributed by atoms with Gasteiger partial charge in [0.2, 0.25) is 5.75 Å². The van der Waals surface area contributed by atoms with Gasteiger partial charge in [-0.25, -0.2) is 0 Å². The molecule has 3 unspecified atom stereocenters. The summed E-state index contributed by atoms with van der Waals surface area (Å²) in [5, 5.41) is 10.1. The topological polar surface area (TPSA) is 72.8 Å². The molecule has 0 saturated heterocycles. The Labute approximate surface area is 171 Å². The number of aromatic hydroxyl groups is 1. The van der Waals surface area contributed by atoms with Crippen molar-refractivity contribution in [3.8, 4) is 17.2 Å². The number of ether oxygens (including phenoxy) is 2. The van der Waals surface area contributed by atoms with E-state index in [0.29, 0.717) is 23.5 Å². The Morgan fingerprint density at radius 3 is 2.38 bits per heavy atom. The Balaban J connectivity index is 2.08. The van der Waals surface area contributed by atoms with E-state index in [1.54, 1.807) is 25.1 Å². The fourth-order valence-corrected chi connectivity index (χ4v) is 4.44. The zero-order valence-corrected chi connectivity index (χ0v) is 17.2. The van der Waals surface area contributed by atoms with Crippen molar-refractivity contribution in [1.82, 2.24) is 0 Å². The highest BCUT2D eigenvalue weighted by Crippen LogP contribution is 2.51. The number of methoxy groups -OCH3 is 2. The summed E-state index contributed by atoms with van der Waals surface area (Å²) in [5.74, 6) is -0.193. The minimum Gasteiger partial charge on any atom is -0.502 e. The molecule has 0 aliphatic heterocycles. The van der Waals surface area contributed by atoms with E-state index < -0.39 is 5.41 Å². The van der Waals surface area contributed by atoms with Crippen LogP contribution in [-0.4, -0.2) is 30.9 Å². The Kier molecular flexibility index (Phi) is 5.51. The quantitative estimate of drug-likeness (QED) is 0.807. The molecule has 0 bridgehead atoms. The summed E-state index contributed by atoms with van der Waals surface area (Å²) >= 11 is 0. The maximum Gasteiger partial charge on any atom is 0.200 e. The van der Waals surface area contributed by atoms with Crippen molar-refractivity contribution in [3.63, 3.8) is 0 Å². The number of rotatable bonds is 5. The maximum absolute atomic E-state index is 13.2. The molecule has 0 fully saturated rings. The average molecular weight is 394 g/mol. The molecule has 29 heavy (non-hydrogen) atoms. The van der Waals surface area contributed by atoms with Gasteiger partial charge in [-0.05, 0) is 48.3 Å². The molecule has 3 atom stereocenters. The Bertz CT molecular complexity index is 940. The summed E-state index contributed by atoms with van der Waals surface area (Å²) in [6, 6.07) is 3.38. The fraction of sp³-hybridized carbons (Fsp3) is 0.333. The number of allylic oxidation sites excluding steroid dienone is 6. The number of benzene rings is 1. The number of Topliss-reactive ketones (excluding diaryl/α,β-unsaturated/α-hetero) is 1. The summed E-state index contributed by atoms with van der Waals surface area (Å²) < 4.78 is 10.4. The van der Waals surface area contributed by atoms with Gasteiger partial charge in [-0.3, -0.25) is 9.59 Å². The summed E-state index contributed by atoms with van der Waals surface area (Å²) in [5.41, 5.74) is 1.29. The molecule has 152 valence electrons. The number of phenolic OH excluding ortho intramolecular Hbond substituents is 1. The van der Waals surface area contributed by atoms with Crippen LogP contribution in [0.5, 0.6) is 17.2 Å². The van der Waals surface area contributed by atoms with E-state index in [-0.39, 0.29) is 29.2 Å². The molecule has 0 spiro atoms. The summed E-state index contributed by atoms with van der Waals surface area (Å²) in [4.78, 5) is 25.8. The van der Waals surface area contributed by atoms with E-state index >= 15 is 0 Å². The lowest BCUT2D eigenvalue weighted by Gasteiger charge is -2.46. The van der Waals surface area contributed by atoms with E-state index in [1.165, 1.54) is 20.3 Å². The fourth-order valence-electron chi connectivity index (χ4n) is 4.44. The van der Waals surface area contributed by atoms with Crippen molar-refractivity contribution in [3.05, 3.63) is 59.7 Å². The first kappa shape index (κ1) is 20.6. The van der Waals surface area contributed by atoms with E-state index in [2.05, 4.69) is 6.58 Å². The molecule has 2 aliphatic carbocycles. The smallest absolute Gasteiger partial charge is 0.200 e. The van der Waals surface area contributed by atoms with Crippen LogP contribution in [0.1, 0.15) is 25.8 Å². The number of phenols is 1. The first-order valence-corrected chi connectivity index (χ1v) is 9.50. The van der Waals surface area contributed by atoms with Gasteiger partial charge >= 0.3 is 0 Å². The third kappa shape index (κ3) is 3.31. The van der Waals surface area contributed by atoms with Gasteiger partial charge in [-0.2, -0.15) is 0 Å². The predicted octanol–water partition coefficient (Wildman–Crippen LogP) is 4.28. The van der Waals surface area contributed by atoms with Crippen LogP contribution in [0.4, 0.5) is 0 Å². The minimum absolute atomic E-state index is 0.00432. The van der Waals surface area contributed by atoms with Crippen molar-refractivity contribution < 1.29 is 24.2 Å². The van der Waals surface area contributed by atoms with Gasteiger partial charge in [0.25, 0.3) is 0 Å². The van der Waals surface area contributed by atoms with Crippen molar-refractivity contribution in [2.24, 2.45) is 17.3 Å². The van der Waals surface area contributed by atoms with Crippen molar-refractivity contribution >= 4 is 17.6 Å². The summed E-state index contributed by atoms with van der Waals surface area (Å²) in [6.45, 7) is 7.47. The first-order chi connectivity index (χ1) is 13.8. The minimum atomic E-state index is -0.865. The van der Waals surface area contributed by atoms with E-state index in [1.807, 2.05) is 25.2 Å². The van der Waals surface area contributed by atoms with Gasteiger partial charge in [-0.15, -0.1) is 0 Å². The summed E-state index contributed by atoms with van der Waals surface area (Å²) in [7, 11) is 2.93. The van der Waals surface area contributed by atoms with E-state index in [0.717, 1.165) is 11.1 Å². The normalized spacial score (nSPS) is 26.6. The van der Waals surface area contributed by atoms with E-state index in [4.69, 9.17) is 9.47 Å². The number of hydrogen-bond donors (Lipinski definition) is 1. The predicted molar refractivity (Wildman–Crippen MR) is 112 cm³/mol. The molecule has 0 amide bonds. The lowest BCUT2D eigenvalue weighted by Crippen LogP contribution is -2.50. The van der Waals surface area contributed by atoms with Crippen LogP contribution < -0.4 is 9.47 Å². The molecule has 0 aromatic heterocycles. The van der Waals surface area contributed by atoms with Gasteiger partial charge in [0.15, 0.2) is 23.1 Å². The monoisotopic (exact) mass is 394 g/mol. The van der Waals surface area contributed by atoms with Crippen molar-refractivity contribution in [2.75, 3.05) is 14.2 Å². The second kappa shape index (κ2) is 7.74. The van der Waals surface area contributed by atoms with Crippen LogP contribution in [-0.2, 0) is 9.59 Å². The average Bonchev–Trinajstić information content (AvgIpc) is 2.71. The first-order valence-electron chi connectivity index (χ1n) is 9.50. The highest BCUT2D eigenvalue weighted by atomic mass is 16.5. The van der Waals surface area contributed by atoms with Crippen LogP contribution in [0, 0.1) is 17.3 Å². The summed E-state index contributed by atoms with van der Waals surface area (Å²) in [6.07, 6.45) is 9.52. The zero-order chi connectivity index (χ0) is 21.3. The molecule has 5 heteroatoms. The third-order valence-corrected chi connectivity index (χ3v) is 6.09. The molecule has 3 rings (SSSR count). The number of hydrogen-bond acceptors (Lipinski definition) is 5. The van der Waals surface area contributed by atoms with Gasteiger partial charge in [0.1, 0.15) is 0 Å². The lowest BCUT2D eigenvalue weighted by molar-refractivity contribution is -0.138. The van der Waals surface area contributed by atoms with Gasteiger partial charge in [0.05, 0.1) is 19.6 Å². The van der Waals surface area contributed by atoms with Crippen LogP contribution in [0.25, 0.3) is 6.08 Å². The molecule has 0 radical (unpaired) electrons. The second-order valence-electron chi connectivity index (χ2n) is 7.65. The van der Waals surface area contributed by atoms with Gasteiger partial charge in [0, 0.05) is 11.8 Å². The second-order valence-corrected chi connectivity index (χ2v) is 7.65. The number of ketones is 2. The molecule has 0 heterocycles. The number of carbonyl (C=O) groups excluding carboxylic acids is 2. The maximum atomic E-state index is 13.2. The molecule has 1 aromatic carbocycles. The highest BCUT2D eigenvalue weighted by Gasteiger charge is 2.53. The Hall–Kier alpha value is -3.08. The molecule has 0 saturated carbocycles. The standard InChI is InChI=1S/C24H26O5/c1-6-16-8-10-18-19(25)11-14(2)23(27)24(18,3)17(16)9-7-15-12-20(28-4)22(26)21(13-15)29-5/h6-9,11-13,17-18,26H,1,10H2,2-5H3. The van der Waals surface area contributed by atoms with Crippen LogP contribution >= 0.6 is 0 Å². The number of fused-ring (bicyclic) bond motifs is 1. The molecule has 2 aliphatic rings. The molecule has 1 aromatic rings. The van der Waals surface area contributed by atoms with E-state index in [9.17, 15) is 14.7 Å². The van der Waals surface area contributed by atoms with Crippen LogP contribution in [0.3, 0.4) is 0 Å². The molecule has 1 N–H and O–H groups in total. The third-order valence-electron chi connectivity index (χ3n) is 6.09. The number of carbonyl (C=O) groups is 2. The lowest BCUT2D eigenvalue weighted by atomic mass is 9.55. The molecule has 5 nitrogen and oxygen atoms in total. The highest BCUT2D eigenvalue weighted by molar-refractivity contribution is 6.13. The van der Waals surface area contributed by atoms with Crippen LogP contribution in [0.2, 0.25) is 0 Å². The van der Waals surface area contributed by atoms with Gasteiger partial charge < -0.3 is 14.6 Å². The SMILES string of the molecule is C=CC1=CCC2C(=O)C=C(C)C(=O)C2(C)C1C=Cc1cc(OC)c(O)c(OC)c1. The molecular weight excluding hydrogens is 368 g/mol. The van der Waals surface area contributed by atoms with Crippen molar-refractivity contribution in [2.45, 2.75) is 20.3 Å². The Morgan fingerprint density at radius 1 is 1.21 bits per heavy atom. The van der Waals surface area contributed by atoms with Crippen LogP contribution in [0.15, 0.2) is 54.2 Å². The largest absolute Gasteiger partial charge is 0.502 e. The zero-order valence-electron chi connectivity index (χ0n) is 17.2. The van der Waals surface area contributed by atoms with Gasteiger partial charge in [-0.1, -0.05) is 37.8 Å². The Morgan fingerprint density at radius 2 is 1.83 bits per heavy atom. The van der Waals surface area contributed by atoms with Crippen molar-refractivity contribution in [1.29, 1.82) is 0 Å².